The van der Waals surface area contributed by atoms with E-state index in [1.165, 1.54) is 25.7 Å². The van der Waals surface area contributed by atoms with Crippen LogP contribution in [0.5, 0.6) is 0 Å². The summed E-state index contributed by atoms with van der Waals surface area (Å²) in [4.78, 5) is 16.6. The largest absolute Gasteiger partial charge is 0.339 e. The number of carbonyl (C=O) groups excluding carboxylic acids is 1. The lowest BCUT2D eigenvalue weighted by Crippen LogP contribution is -2.55. The molecule has 3 fully saturated rings. The highest BCUT2D eigenvalue weighted by Gasteiger charge is 2.44. The molecule has 22 heavy (non-hydrogen) atoms. The molecule has 126 valence electrons. The number of carbonyl (C=O) groups is 1. The Hall–Kier alpha value is -0.750. The Bertz CT molecular complexity index is 402. The van der Waals surface area contributed by atoms with E-state index in [-0.39, 0.29) is 18.9 Å². The molecule has 1 atom stereocenters. The monoisotopic (exact) mass is 315 g/mol. The SMILES string of the molecule is CC1CCC(N2CCN(C(=O)C3CC(F)(F)CN3)CC2)CC1. The van der Waals surface area contributed by atoms with Crippen molar-refractivity contribution in [1.82, 2.24) is 15.1 Å². The topological polar surface area (TPSA) is 35.6 Å². The third-order valence-corrected chi connectivity index (χ3v) is 5.54. The predicted octanol–water partition coefficient (Wildman–Crippen LogP) is 1.71. The minimum atomic E-state index is -2.74. The van der Waals surface area contributed by atoms with Gasteiger partial charge in [-0.3, -0.25) is 15.0 Å². The summed E-state index contributed by atoms with van der Waals surface area (Å²) < 4.78 is 26.4. The number of hydrogen-bond acceptors (Lipinski definition) is 3. The van der Waals surface area contributed by atoms with Crippen LogP contribution in [-0.4, -0.2) is 66.4 Å². The van der Waals surface area contributed by atoms with Gasteiger partial charge in [0.1, 0.15) is 0 Å². The van der Waals surface area contributed by atoms with Crippen LogP contribution >= 0.6 is 0 Å². The highest BCUT2D eigenvalue weighted by molar-refractivity contribution is 5.82. The fourth-order valence-corrected chi connectivity index (χ4v) is 4.03. The molecule has 0 radical (unpaired) electrons. The van der Waals surface area contributed by atoms with Crippen LogP contribution in [0.1, 0.15) is 39.0 Å². The fourth-order valence-electron chi connectivity index (χ4n) is 4.03. The van der Waals surface area contributed by atoms with Crippen LogP contribution in [0.15, 0.2) is 0 Å². The lowest BCUT2D eigenvalue weighted by molar-refractivity contribution is -0.136. The molecule has 3 aliphatic rings. The quantitative estimate of drug-likeness (QED) is 0.842. The zero-order chi connectivity index (χ0) is 15.7. The summed E-state index contributed by atoms with van der Waals surface area (Å²) in [6.07, 6.45) is 4.75. The Morgan fingerprint density at radius 3 is 2.27 bits per heavy atom. The predicted molar refractivity (Wildman–Crippen MR) is 80.9 cm³/mol. The van der Waals surface area contributed by atoms with E-state index < -0.39 is 12.0 Å². The van der Waals surface area contributed by atoms with Gasteiger partial charge in [-0.2, -0.15) is 0 Å². The van der Waals surface area contributed by atoms with Gasteiger partial charge in [0.15, 0.2) is 0 Å². The van der Waals surface area contributed by atoms with Crippen LogP contribution in [0.2, 0.25) is 0 Å². The smallest absolute Gasteiger partial charge is 0.262 e. The number of halogens is 2. The number of nitrogens with zero attached hydrogens (tertiary/aromatic N) is 2. The number of rotatable bonds is 2. The summed E-state index contributed by atoms with van der Waals surface area (Å²) in [6.45, 7) is 5.06. The maximum atomic E-state index is 13.2. The van der Waals surface area contributed by atoms with Crippen LogP contribution < -0.4 is 5.32 Å². The van der Waals surface area contributed by atoms with E-state index in [9.17, 15) is 13.6 Å². The number of hydrogen-bond donors (Lipinski definition) is 1. The van der Waals surface area contributed by atoms with Crippen molar-refractivity contribution in [2.45, 2.75) is 57.0 Å². The summed E-state index contributed by atoms with van der Waals surface area (Å²) in [7, 11) is 0. The maximum absolute atomic E-state index is 13.2. The van der Waals surface area contributed by atoms with Crippen molar-refractivity contribution in [1.29, 1.82) is 0 Å². The van der Waals surface area contributed by atoms with E-state index in [4.69, 9.17) is 0 Å². The van der Waals surface area contributed by atoms with Gasteiger partial charge in [0, 0.05) is 38.6 Å². The summed E-state index contributed by atoms with van der Waals surface area (Å²) in [5, 5.41) is 2.67. The molecule has 1 unspecified atom stereocenters. The summed E-state index contributed by atoms with van der Waals surface area (Å²) in [5.41, 5.74) is 0. The lowest BCUT2D eigenvalue weighted by atomic mass is 9.86. The molecule has 1 amide bonds. The second kappa shape index (κ2) is 6.40. The summed E-state index contributed by atoms with van der Waals surface area (Å²) >= 11 is 0. The normalized spacial score (nSPS) is 36.5. The van der Waals surface area contributed by atoms with Crippen LogP contribution in [0.4, 0.5) is 8.78 Å². The molecule has 1 aliphatic carbocycles. The van der Waals surface area contributed by atoms with Gasteiger partial charge in [-0.25, -0.2) is 8.78 Å². The van der Waals surface area contributed by atoms with Gasteiger partial charge in [0.2, 0.25) is 5.91 Å². The molecular weight excluding hydrogens is 288 g/mol. The van der Waals surface area contributed by atoms with Crippen LogP contribution in [0.25, 0.3) is 0 Å². The van der Waals surface area contributed by atoms with Crippen LogP contribution in [-0.2, 0) is 4.79 Å². The van der Waals surface area contributed by atoms with E-state index in [0.29, 0.717) is 19.1 Å². The van der Waals surface area contributed by atoms with E-state index in [2.05, 4.69) is 17.1 Å². The first-order valence-corrected chi connectivity index (χ1v) is 8.59. The Morgan fingerprint density at radius 1 is 1.09 bits per heavy atom. The molecular formula is C16H27F2N3O. The van der Waals surface area contributed by atoms with Gasteiger partial charge in [-0.1, -0.05) is 6.92 Å². The van der Waals surface area contributed by atoms with E-state index in [0.717, 1.165) is 19.0 Å². The highest BCUT2D eigenvalue weighted by Crippen LogP contribution is 2.29. The van der Waals surface area contributed by atoms with Crippen LogP contribution in [0.3, 0.4) is 0 Å². The van der Waals surface area contributed by atoms with Crippen molar-refractivity contribution in [2.24, 2.45) is 5.92 Å². The number of amides is 1. The molecule has 2 saturated heterocycles. The molecule has 1 N–H and O–H groups in total. The third-order valence-electron chi connectivity index (χ3n) is 5.54. The first-order valence-electron chi connectivity index (χ1n) is 8.59. The average molecular weight is 315 g/mol. The minimum Gasteiger partial charge on any atom is -0.339 e. The van der Waals surface area contributed by atoms with Gasteiger partial charge < -0.3 is 4.90 Å². The molecule has 0 bridgehead atoms. The molecule has 4 nitrogen and oxygen atoms in total. The van der Waals surface area contributed by atoms with Crippen molar-refractivity contribution in [3.05, 3.63) is 0 Å². The zero-order valence-corrected chi connectivity index (χ0v) is 13.4. The lowest BCUT2D eigenvalue weighted by Gasteiger charge is -2.42. The van der Waals surface area contributed by atoms with Gasteiger partial charge in [-0.15, -0.1) is 0 Å². The standard InChI is InChI=1S/C16H27F2N3O/c1-12-2-4-13(5-3-12)20-6-8-21(9-7-20)15(22)14-10-16(17,18)11-19-14/h12-14,19H,2-11H2,1H3. The molecule has 1 saturated carbocycles. The van der Waals surface area contributed by atoms with Gasteiger partial charge >= 0.3 is 0 Å². The van der Waals surface area contributed by atoms with Crippen LogP contribution in [0, 0.1) is 5.92 Å². The number of alkyl halides is 2. The molecule has 2 heterocycles. The van der Waals surface area contributed by atoms with Gasteiger partial charge in [0.25, 0.3) is 5.92 Å². The van der Waals surface area contributed by atoms with Crippen molar-refractivity contribution >= 4 is 5.91 Å². The minimum absolute atomic E-state index is 0.144. The Labute approximate surface area is 131 Å². The van der Waals surface area contributed by atoms with Crippen molar-refractivity contribution in [3.63, 3.8) is 0 Å². The van der Waals surface area contributed by atoms with Gasteiger partial charge in [0.05, 0.1) is 12.6 Å². The zero-order valence-electron chi connectivity index (χ0n) is 13.4. The Morgan fingerprint density at radius 2 is 1.73 bits per heavy atom. The van der Waals surface area contributed by atoms with E-state index >= 15 is 0 Å². The first kappa shape index (κ1) is 16.1. The Kier molecular flexibility index (Phi) is 4.69. The van der Waals surface area contributed by atoms with E-state index in [1.54, 1.807) is 4.90 Å². The van der Waals surface area contributed by atoms with Crippen molar-refractivity contribution in [2.75, 3.05) is 32.7 Å². The molecule has 0 aromatic carbocycles. The summed E-state index contributed by atoms with van der Waals surface area (Å²) in [6, 6.07) is -0.0422. The molecule has 0 aromatic heterocycles. The van der Waals surface area contributed by atoms with Crippen molar-refractivity contribution in [3.8, 4) is 0 Å². The maximum Gasteiger partial charge on any atom is 0.262 e. The van der Waals surface area contributed by atoms with Gasteiger partial charge in [-0.05, 0) is 31.6 Å². The fraction of sp³-hybridized carbons (Fsp3) is 0.938. The highest BCUT2D eigenvalue weighted by atomic mass is 19.3. The van der Waals surface area contributed by atoms with Crippen molar-refractivity contribution < 1.29 is 13.6 Å². The molecule has 6 heteroatoms. The Balaban J connectivity index is 1.46. The first-order chi connectivity index (χ1) is 10.4. The second-order valence-corrected chi connectivity index (χ2v) is 7.27. The molecule has 3 rings (SSSR count). The average Bonchev–Trinajstić information content (AvgIpc) is 2.88. The molecule has 0 aromatic rings. The third kappa shape index (κ3) is 3.59. The number of piperazine rings is 1. The second-order valence-electron chi connectivity index (χ2n) is 7.27. The summed E-state index contributed by atoms with van der Waals surface area (Å²) in [5.74, 6) is -2.04. The van der Waals surface area contributed by atoms with E-state index in [1.807, 2.05) is 0 Å². The number of nitrogens with one attached hydrogen (secondary N) is 1. The molecule has 2 aliphatic heterocycles. The molecule has 0 spiro atoms.